The van der Waals surface area contributed by atoms with Crippen molar-refractivity contribution in [2.45, 2.75) is 39.0 Å². The highest BCUT2D eigenvalue weighted by molar-refractivity contribution is 5.77. The summed E-state index contributed by atoms with van der Waals surface area (Å²) in [6.07, 6.45) is 4.82. The van der Waals surface area contributed by atoms with Crippen molar-refractivity contribution in [3.63, 3.8) is 0 Å². The molecule has 1 atom stereocenters. The van der Waals surface area contributed by atoms with Crippen molar-refractivity contribution in [3.8, 4) is 40.1 Å². The van der Waals surface area contributed by atoms with Gasteiger partial charge in [-0.1, -0.05) is 12.8 Å². The Morgan fingerprint density at radius 3 is 2.07 bits per heavy atom. The number of benzene rings is 2. The molecule has 0 bridgehead atoms. The van der Waals surface area contributed by atoms with Gasteiger partial charge in [-0.25, -0.2) is 4.98 Å². The number of unbranched alkanes of at least 4 members (excludes halogenated alkanes) is 2. The Hall–Kier alpha value is -3.26. The van der Waals surface area contributed by atoms with Crippen LogP contribution in [0.1, 0.15) is 38.5 Å². The molecule has 0 saturated heterocycles. The smallest absolute Gasteiger partial charge is 0.195 e. The second-order valence-corrected chi connectivity index (χ2v) is 7.37. The second-order valence-electron chi connectivity index (χ2n) is 7.37. The lowest BCUT2D eigenvalue weighted by atomic mass is 10.0. The number of hydrogen-bond donors (Lipinski definition) is 0. The Bertz CT molecular complexity index is 904. The van der Waals surface area contributed by atoms with Crippen molar-refractivity contribution >= 4 is 0 Å². The predicted octanol–water partition coefficient (Wildman–Crippen LogP) is 6.29. The quantitative estimate of drug-likeness (QED) is 0.372. The first-order chi connectivity index (χ1) is 14.6. The van der Waals surface area contributed by atoms with Gasteiger partial charge in [-0.3, -0.25) is 0 Å². The van der Waals surface area contributed by atoms with E-state index in [0.29, 0.717) is 0 Å². The minimum Gasteiger partial charge on any atom is -0.497 e. The van der Waals surface area contributed by atoms with E-state index in [4.69, 9.17) is 24.1 Å². The Balaban J connectivity index is 1.80. The number of nitriles is 1. The normalized spacial score (nSPS) is 11.7. The number of aromatic nitrogens is 1. The molecule has 156 valence electrons. The number of aryl methyl sites for hydroxylation is 1. The van der Waals surface area contributed by atoms with E-state index in [2.05, 4.69) is 6.07 Å². The Labute approximate surface area is 178 Å². The molecule has 0 saturated carbocycles. The highest BCUT2D eigenvalue weighted by Gasteiger charge is 2.17. The lowest BCUT2D eigenvalue weighted by Crippen LogP contribution is -1.91. The maximum atomic E-state index is 8.89. The fourth-order valence-electron chi connectivity index (χ4n) is 3.32. The van der Waals surface area contributed by atoms with Crippen LogP contribution in [0.4, 0.5) is 0 Å². The highest BCUT2D eigenvalue weighted by Crippen LogP contribution is 2.34. The van der Waals surface area contributed by atoms with Gasteiger partial charge in [-0.15, -0.1) is 0 Å². The van der Waals surface area contributed by atoms with Gasteiger partial charge >= 0.3 is 0 Å². The van der Waals surface area contributed by atoms with E-state index in [0.717, 1.165) is 72.1 Å². The van der Waals surface area contributed by atoms with Crippen LogP contribution in [0.15, 0.2) is 52.9 Å². The van der Waals surface area contributed by atoms with Crippen molar-refractivity contribution in [1.29, 1.82) is 5.26 Å². The molecule has 0 spiro atoms. The number of ether oxygens (including phenoxy) is 2. The van der Waals surface area contributed by atoms with Crippen LogP contribution in [-0.2, 0) is 6.42 Å². The molecule has 0 amide bonds. The molecule has 0 fully saturated rings. The molecule has 1 heterocycles. The summed E-state index contributed by atoms with van der Waals surface area (Å²) in [6.45, 7) is 1.97. The van der Waals surface area contributed by atoms with Gasteiger partial charge in [-0.05, 0) is 68.3 Å². The molecule has 30 heavy (non-hydrogen) atoms. The molecule has 0 aliphatic carbocycles. The van der Waals surface area contributed by atoms with Gasteiger partial charge in [0.2, 0.25) is 0 Å². The Morgan fingerprint density at radius 1 is 0.900 bits per heavy atom. The topological polar surface area (TPSA) is 68.3 Å². The van der Waals surface area contributed by atoms with E-state index < -0.39 is 0 Å². The number of nitrogens with zero attached hydrogens (tertiary/aromatic N) is 2. The zero-order valence-corrected chi connectivity index (χ0v) is 17.9. The third-order valence-electron chi connectivity index (χ3n) is 5.14. The van der Waals surface area contributed by atoms with Gasteiger partial charge in [0.1, 0.15) is 17.2 Å². The van der Waals surface area contributed by atoms with Crippen LogP contribution in [-0.4, -0.2) is 19.2 Å². The van der Waals surface area contributed by atoms with Gasteiger partial charge in [0.15, 0.2) is 11.7 Å². The molecule has 0 N–H and O–H groups in total. The highest BCUT2D eigenvalue weighted by atomic mass is 16.5. The first-order valence-corrected chi connectivity index (χ1v) is 10.3. The molecule has 5 heteroatoms. The predicted molar refractivity (Wildman–Crippen MR) is 117 cm³/mol. The van der Waals surface area contributed by atoms with Crippen LogP contribution in [0.3, 0.4) is 0 Å². The monoisotopic (exact) mass is 404 g/mol. The Morgan fingerprint density at radius 2 is 1.50 bits per heavy atom. The van der Waals surface area contributed by atoms with Gasteiger partial charge < -0.3 is 13.9 Å². The molecule has 2 aromatic carbocycles. The van der Waals surface area contributed by atoms with Crippen molar-refractivity contribution in [2.24, 2.45) is 5.92 Å². The van der Waals surface area contributed by atoms with Crippen LogP contribution in [0.2, 0.25) is 0 Å². The third kappa shape index (κ3) is 5.42. The molecule has 1 unspecified atom stereocenters. The molecule has 0 aliphatic rings. The molecular formula is C25H28N2O3. The van der Waals surface area contributed by atoms with E-state index in [-0.39, 0.29) is 5.92 Å². The molecule has 3 rings (SSSR count). The summed E-state index contributed by atoms with van der Waals surface area (Å²) in [7, 11) is 3.31. The maximum absolute atomic E-state index is 8.89. The van der Waals surface area contributed by atoms with E-state index in [1.807, 2.05) is 55.5 Å². The van der Waals surface area contributed by atoms with Gasteiger partial charge in [-0.2, -0.15) is 5.26 Å². The van der Waals surface area contributed by atoms with Gasteiger partial charge in [0, 0.05) is 23.5 Å². The lowest BCUT2D eigenvalue weighted by Gasteiger charge is -2.04. The van der Waals surface area contributed by atoms with Crippen LogP contribution in [0.25, 0.3) is 22.6 Å². The van der Waals surface area contributed by atoms with E-state index >= 15 is 0 Å². The lowest BCUT2D eigenvalue weighted by molar-refractivity contribution is 0.414. The summed E-state index contributed by atoms with van der Waals surface area (Å²) >= 11 is 0. The fraction of sp³-hybridized carbons (Fsp3) is 0.360. The van der Waals surface area contributed by atoms with Crippen molar-refractivity contribution < 1.29 is 13.9 Å². The summed E-state index contributed by atoms with van der Waals surface area (Å²) < 4.78 is 16.7. The summed E-state index contributed by atoms with van der Waals surface area (Å²) in [5, 5.41) is 8.89. The zero-order valence-electron chi connectivity index (χ0n) is 17.9. The summed E-state index contributed by atoms with van der Waals surface area (Å²) in [4.78, 5) is 4.81. The molecular weight excluding hydrogens is 376 g/mol. The summed E-state index contributed by atoms with van der Waals surface area (Å²) in [5.74, 6) is 3.22. The summed E-state index contributed by atoms with van der Waals surface area (Å²) in [6, 6.07) is 18.0. The van der Waals surface area contributed by atoms with Crippen LogP contribution < -0.4 is 9.47 Å². The zero-order chi connectivity index (χ0) is 21.3. The van der Waals surface area contributed by atoms with Crippen molar-refractivity contribution in [2.75, 3.05) is 14.2 Å². The fourth-order valence-corrected chi connectivity index (χ4v) is 3.32. The van der Waals surface area contributed by atoms with E-state index in [1.54, 1.807) is 14.2 Å². The first kappa shape index (κ1) is 21.4. The molecule has 3 aromatic rings. The van der Waals surface area contributed by atoms with Crippen molar-refractivity contribution in [3.05, 3.63) is 54.4 Å². The van der Waals surface area contributed by atoms with Gasteiger partial charge in [0.05, 0.1) is 20.3 Å². The van der Waals surface area contributed by atoms with Crippen LogP contribution in [0, 0.1) is 17.2 Å². The number of methoxy groups -OCH3 is 2. The minimum absolute atomic E-state index is 0.120. The van der Waals surface area contributed by atoms with Crippen LogP contribution >= 0.6 is 0 Å². The molecule has 0 radical (unpaired) electrons. The number of rotatable bonds is 10. The van der Waals surface area contributed by atoms with Gasteiger partial charge in [0.25, 0.3) is 0 Å². The average Bonchev–Trinajstić information content (AvgIpc) is 3.23. The largest absolute Gasteiger partial charge is 0.497 e. The minimum atomic E-state index is 0.120. The number of oxazole rings is 1. The van der Waals surface area contributed by atoms with E-state index in [1.165, 1.54) is 0 Å². The third-order valence-corrected chi connectivity index (χ3v) is 5.14. The summed E-state index contributed by atoms with van der Waals surface area (Å²) in [5.41, 5.74) is 2.78. The average molecular weight is 405 g/mol. The second kappa shape index (κ2) is 10.5. The SMILES string of the molecule is COc1ccc(-c2nc(CCCCCC(C)C#N)oc2-c2ccc(OC)cc2)cc1. The molecule has 5 nitrogen and oxygen atoms in total. The van der Waals surface area contributed by atoms with E-state index in [9.17, 15) is 0 Å². The number of hydrogen-bond acceptors (Lipinski definition) is 5. The van der Waals surface area contributed by atoms with Crippen LogP contribution in [0.5, 0.6) is 11.5 Å². The molecule has 0 aliphatic heterocycles. The maximum Gasteiger partial charge on any atom is 0.195 e. The Kier molecular flexibility index (Phi) is 7.51. The standard InChI is InChI=1S/C25H28N2O3/c1-18(17-26)7-5-4-6-8-23-27-24(19-9-13-21(28-2)14-10-19)25(30-23)20-11-15-22(29-3)16-12-20/h9-16,18H,4-8H2,1-3H3. The van der Waals surface area contributed by atoms with Crippen molar-refractivity contribution in [1.82, 2.24) is 4.98 Å². The molecule has 1 aromatic heterocycles. The first-order valence-electron chi connectivity index (χ1n) is 10.3.